The lowest BCUT2D eigenvalue weighted by atomic mass is 9.78. The zero-order chi connectivity index (χ0) is 21.8. The van der Waals surface area contributed by atoms with E-state index in [1.807, 2.05) is 42.5 Å². The van der Waals surface area contributed by atoms with E-state index < -0.39 is 12.0 Å². The molecule has 1 amide bonds. The highest BCUT2D eigenvalue weighted by molar-refractivity contribution is 5.75. The van der Waals surface area contributed by atoms with Crippen molar-refractivity contribution in [3.63, 3.8) is 0 Å². The molecule has 0 radical (unpaired) electrons. The van der Waals surface area contributed by atoms with Gasteiger partial charge in [-0.05, 0) is 54.5 Å². The number of fused-ring (bicyclic) bond motifs is 1. The van der Waals surface area contributed by atoms with Gasteiger partial charge in [0.2, 0.25) is 0 Å². The maximum absolute atomic E-state index is 10.9. The Bertz CT molecular complexity index is 905. The van der Waals surface area contributed by atoms with E-state index in [0.717, 1.165) is 38.0 Å². The first-order valence-electron chi connectivity index (χ1n) is 10.7. The van der Waals surface area contributed by atoms with E-state index in [0.29, 0.717) is 29.1 Å². The molecule has 1 aliphatic carbocycles. The van der Waals surface area contributed by atoms with E-state index in [1.165, 1.54) is 0 Å². The van der Waals surface area contributed by atoms with E-state index in [2.05, 4.69) is 11.0 Å². The molecule has 0 bridgehead atoms. The molecule has 166 valence electrons. The third-order valence-electron chi connectivity index (χ3n) is 6.19. The smallest absolute Gasteiger partial charge is 0.255 e. The predicted octanol–water partition coefficient (Wildman–Crippen LogP) is 2.21. The predicted molar refractivity (Wildman–Crippen MR) is 116 cm³/mol. The van der Waals surface area contributed by atoms with Gasteiger partial charge in [0, 0.05) is 19.6 Å². The number of benzene rings is 2. The van der Waals surface area contributed by atoms with Gasteiger partial charge in [-0.1, -0.05) is 24.3 Å². The van der Waals surface area contributed by atoms with Crippen molar-refractivity contribution in [2.24, 2.45) is 17.6 Å². The fourth-order valence-corrected chi connectivity index (χ4v) is 4.77. The Kier molecular flexibility index (Phi) is 6.63. The van der Waals surface area contributed by atoms with Gasteiger partial charge in [0.1, 0.15) is 11.9 Å². The summed E-state index contributed by atoms with van der Waals surface area (Å²) in [5.41, 5.74) is 6.28. The summed E-state index contributed by atoms with van der Waals surface area (Å²) in [5.74, 6) is 2.46. The van der Waals surface area contributed by atoms with Crippen LogP contribution in [0.15, 0.2) is 48.5 Å². The minimum atomic E-state index is -0.489. The third-order valence-corrected chi connectivity index (χ3v) is 6.19. The number of nitrogens with two attached hydrogens (primary N) is 1. The highest BCUT2D eigenvalue weighted by Crippen LogP contribution is 2.39. The molecule has 4 atom stereocenters. The number of rotatable bonds is 8. The number of primary amides is 1. The van der Waals surface area contributed by atoms with Crippen molar-refractivity contribution in [2.45, 2.75) is 31.6 Å². The molecule has 7 heteroatoms. The highest BCUT2D eigenvalue weighted by Gasteiger charge is 2.42. The number of methoxy groups -OCH3 is 1. The second-order valence-corrected chi connectivity index (χ2v) is 8.46. The minimum absolute atomic E-state index is 0.122. The Balaban J connectivity index is 1.36. The number of aliphatic hydroxyl groups excluding tert-OH is 1. The average Bonchev–Trinajstić information content (AvgIpc) is 3.14. The molecule has 0 spiro atoms. The number of aliphatic hydroxyl groups is 1. The van der Waals surface area contributed by atoms with Crippen LogP contribution in [0.3, 0.4) is 0 Å². The van der Waals surface area contributed by atoms with E-state index in [1.54, 1.807) is 7.11 Å². The largest absolute Gasteiger partial charge is 0.493 e. The molecule has 31 heavy (non-hydrogen) atoms. The monoisotopic (exact) mass is 426 g/mol. The summed E-state index contributed by atoms with van der Waals surface area (Å²) < 4.78 is 17.0. The Hall–Kier alpha value is -2.77. The molecule has 1 aliphatic heterocycles. The molecule has 1 saturated carbocycles. The summed E-state index contributed by atoms with van der Waals surface area (Å²) in [6.07, 6.45) is 0.838. The zero-order valence-electron chi connectivity index (χ0n) is 17.8. The number of carbonyl (C=O) groups is 1. The Morgan fingerprint density at radius 3 is 2.58 bits per heavy atom. The van der Waals surface area contributed by atoms with Crippen molar-refractivity contribution >= 4 is 5.91 Å². The first kappa shape index (κ1) is 21.5. The standard InChI is InChI=1S/C24H30N2O5/c1-29-21-7-2-3-8-22(21)31-23-11-18-14-26(13-17(18)10-20(23)27)12-16-5-4-6-19(9-16)30-15-24(25)28/h2-9,17-18,20,23,27H,10-15H2,1H3,(H2,25,28)/t17-,18+,20+,23+/m0/s1. The van der Waals surface area contributed by atoms with E-state index in [4.69, 9.17) is 19.9 Å². The molecule has 2 aromatic carbocycles. The molecule has 0 unspecified atom stereocenters. The lowest BCUT2D eigenvalue weighted by molar-refractivity contribution is -0.119. The van der Waals surface area contributed by atoms with Gasteiger partial charge >= 0.3 is 0 Å². The molecular formula is C24H30N2O5. The van der Waals surface area contributed by atoms with Gasteiger partial charge in [-0.3, -0.25) is 9.69 Å². The Labute approximate surface area is 182 Å². The quantitative estimate of drug-likeness (QED) is 0.672. The van der Waals surface area contributed by atoms with Gasteiger partial charge in [0.15, 0.2) is 18.1 Å². The highest BCUT2D eigenvalue weighted by atomic mass is 16.5. The minimum Gasteiger partial charge on any atom is -0.493 e. The van der Waals surface area contributed by atoms with Gasteiger partial charge in [-0.25, -0.2) is 0 Å². The van der Waals surface area contributed by atoms with Crippen molar-refractivity contribution in [1.82, 2.24) is 4.90 Å². The van der Waals surface area contributed by atoms with Crippen molar-refractivity contribution in [3.8, 4) is 17.2 Å². The van der Waals surface area contributed by atoms with Crippen LogP contribution in [0, 0.1) is 11.8 Å². The van der Waals surface area contributed by atoms with Gasteiger partial charge in [0.05, 0.1) is 13.2 Å². The van der Waals surface area contributed by atoms with Crippen molar-refractivity contribution in [2.75, 3.05) is 26.8 Å². The number of likely N-dealkylation sites (tertiary alicyclic amines) is 1. The third kappa shape index (κ3) is 5.29. The fourth-order valence-electron chi connectivity index (χ4n) is 4.77. The SMILES string of the molecule is COc1ccccc1O[C@@H]1C[C@@H]2CN(Cc3cccc(OCC(N)=O)c3)C[C@@H]2C[C@H]1O. The van der Waals surface area contributed by atoms with Crippen LogP contribution in [0.5, 0.6) is 17.2 Å². The summed E-state index contributed by atoms with van der Waals surface area (Å²) >= 11 is 0. The molecular weight excluding hydrogens is 396 g/mol. The van der Waals surface area contributed by atoms with E-state index in [-0.39, 0.29) is 12.7 Å². The van der Waals surface area contributed by atoms with E-state index in [9.17, 15) is 9.90 Å². The van der Waals surface area contributed by atoms with Crippen LogP contribution in [0.25, 0.3) is 0 Å². The maximum Gasteiger partial charge on any atom is 0.255 e. The number of hydrogen-bond acceptors (Lipinski definition) is 6. The Morgan fingerprint density at radius 1 is 1.10 bits per heavy atom. The lowest BCUT2D eigenvalue weighted by Gasteiger charge is -2.35. The van der Waals surface area contributed by atoms with Gasteiger partial charge in [0.25, 0.3) is 5.91 Å². The molecule has 1 saturated heterocycles. The molecule has 3 N–H and O–H groups in total. The van der Waals surface area contributed by atoms with E-state index >= 15 is 0 Å². The average molecular weight is 427 g/mol. The number of hydrogen-bond donors (Lipinski definition) is 2. The number of nitrogens with zero attached hydrogens (tertiary/aromatic N) is 1. The number of carbonyl (C=O) groups excluding carboxylic acids is 1. The molecule has 0 aromatic heterocycles. The van der Waals surface area contributed by atoms with Crippen LogP contribution in [0.4, 0.5) is 0 Å². The first-order chi connectivity index (χ1) is 15.0. The lowest BCUT2D eigenvalue weighted by Crippen LogP contribution is -2.42. The zero-order valence-corrected chi connectivity index (χ0v) is 17.8. The normalized spacial score (nSPS) is 25.6. The van der Waals surface area contributed by atoms with Crippen molar-refractivity contribution < 1.29 is 24.1 Å². The molecule has 7 nitrogen and oxygen atoms in total. The van der Waals surface area contributed by atoms with Crippen LogP contribution >= 0.6 is 0 Å². The summed E-state index contributed by atoms with van der Waals surface area (Å²) in [6, 6.07) is 15.3. The number of amides is 1. The van der Waals surface area contributed by atoms with Crippen molar-refractivity contribution in [1.29, 1.82) is 0 Å². The topological polar surface area (TPSA) is 94.3 Å². The number of ether oxygens (including phenoxy) is 3. The first-order valence-corrected chi connectivity index (χ1v) is 10.7. The van der Waals surface area contributed by atoms with Gasteiger partial charge in [-0.2, -0.15) is 0 Å². The second kappa shape index (κ2) is 9.58. The summed E-state index contributed by atoms with van der Waals surface area (Å²) in [6.45, 7) is 2.60. The van der Waals surface area contributed by atoms with Gasteiger partial charge in [-0.15, -0.1) is 0 Å². The Morgan fingerprint density at radius 2 is 1.84 bits per heavy atom. The van der Waals surface area contributed by atoms with Gasteiger partial charge < -0.3 is 25.1 Å². The second-order valence-electron chi connectivity index (χ2n) is 8.46. The maximum atomic E-state index is 10.9. The summed E-state index contributed by atoms with van der Waals surface area (Å²) in [7, 11) is 1.62. The molecule has 2 aromatic rings. The van der Waals surface area contributed by atoms with Crippen molar-refractivity contribution in [3.05, 3.63) is 54.1 Å². The number of para-hydroxylation sites is 2. The fraction of sp³-hybridized carbons (Fsp3) is 0.458. The van der Waals surface area contributed by atoms with Crippen LogP contribution in [0.1, 0.15) is 18.4 Å². The van der Waals surface area contributed by atoms with Crippen LogP contribution in [0.2, 0.25) is 0 Å². The molecule has 2 aliphatic rings. The molecule has 1 heterocycles. The van der Waals surface area contributed by atoms with Crippen LogP contribution in [-0.2, 0) is 11.3 Å². The molecule has 2 fully saturated rings. The summed E-state index contributed by atoms with van der Waals surface area (Å²) in [4.78, 5) is 13.4. The summed E-state index contributed by atoms with van der Waals surface area (Å²) in [5, 5.41) is 10.7. The van der Waals surface area contributed by atoms with Crippen LogP contribution < -0.4 is 19.9 Å². The van der Waals surface area contributed by atoms with Crippen LogP contribution in [-0.4, -0.2) is 54.9 Å². The molecule has 4 rings (SSSR count).